The number of esters is 1. The Morgan fingerprint density at radius 1 is 1.33 bits per heavy atom. The average molecular weight is 246 g/mol. The molecular weight excluding hydrogens is 232 g/mol. The summed E-state index contributed by atoms with van der Waals surface area (Å²) in [4.78, 5) is 11.6. The third-order valence-corrected chi connectivity index (χ3v) is 2.33. The molecule has 0 amide bonds. The number of hydrogen-bond acceptors (Lipinski definition) is 4. The summed E-state index contributed by atoms with van der Waals surface area (Å²) in [6, 6.07) is 9.39. The summed E-state index contributed by atoms with van der Waals surface area (Å²) in [5.74, 6) is 0.329. The van der Waals surface area contributed by atoms with E-state index in [1.807, 2.05) is 30.3 Å². The van der Waals surface area contributed by atoms with E-state index in [0.717, 1.165) is 5.75 Å². The maximum Gasteiger partial charge on any atom is 0.356 e. The van der Waals surface area contributed by atoms with E-state index >= 15 is 0 Å². The minimum absolute atomic E-state index is 0.272. The molecule has 0 radical (unpaired) electrons. The van der Waals surface area contributed by atoms with Crippen LogP contribution in [0.4, 0.5) is 0 Å². The van der Waals surface area contributed by atoms with Crippen LogP contribution in [-0.2, 0) is 11.3 Å². The fourth-order valence-corrected chi connectivity index (χ4v) is 1.48. The highest BCUT2D eigenvalue weighted by Gasteiger charge is 2.15. The third kappa shape index (κ3) is 2.88. The van der Waals surface area contributed by atoms with Crippen LogP contribution >= 0.6 is 0 Å². The zero-order valence-corrected chi connectivity index (χ0v) is 10.1. The van der Waals surface area contributed by atoms with Crippen molar-refractivity contribution in [2.45, 2.75) is 13.5 Å². The number of H-pyrrole nitrogens is 1. The van der Waals surface area contributed by atoms with Crippen molar-refractivity contribution in [3.8, 4) is 5.75 Å². The molecule has 0 unspecified atom stereocenters. The lowest BCUT2D eigenvalue weighted by molar-refractivity contribution is 0.0516. The zero-order valence-electron chi connectivity index (χ0n) is 10.1. The summed E-state index contributed by atoms with van der Waals surface area (Å²) >= 11 is 0. The van der Waals surface area contributed by atoms with Gasteiger partial charge in [0.2, 0.25) is 0 Å². The molecule has 5 heteroatoms. The van der Waals surface area contributed by atoms with Gasteiger partial charge in [0.15, 0.2) is 0 Å². The molecule has 0 spiro atoms. The molecule has 0 aliphatic heterocycles. The lowest BCUT2D eigenvalue weighted by Gasteiger charge is -2.06. The van der Waals surface area contributed by atoms with E-state index in [-0.39, 0.29) is 6.61 Å². The van der Waals surface area contributed by atoms with Crippen LogP contribution in [-0.4, -0.2) is 22.8 Å². The number of carbonyl (C=O) groups is 1. The number of hydrogen-bond donors (Lipinski definition) is 1. The van der Waals surface area contributed by atoms with Crippen molar-refractivity contribution in [2.75, 3.05) is 6.61 Å². The van der Waals surface area contributed by atoms with Gasteiger partial charge in [0.1, 0.15) is 18.1 Å². The summed E-state index contributed by atoms with van der Waals surface area (Å²) in [7, 11) is 0. The Labute approximate surface area is 105 Å². The van der Waals surface area contributed by atoms with Crippen LogP contribution in [0.5, 0.6) is 5.75 Å². The first-order valence-electron chi connectivity index (χ1n) is 5.68. The number of nitrogens with zero attached hydrogens (tertiary/aromatic N) is 1. The number of aromatic amines is 1. The molecule has 0 saturated heterocycles. The van der Waals surface area contributed by atoms with Gasteiger partial charge >= 0.3 is 5.97 Å². The highest BCUT2D eigenvalue weighted by Crippen LogP contribution is 2.13. The minimum atomic E-state index is -0.415. The highest BCUT2D eigenvalue weighted by atomic mass is 16.5. The normalized spacial score (nSPS) is 10.1. The summed E-state index contributed by atoms with van der Waals surface area (Å²) in [5, 5.41) is 6.45. The van der Waals surface area contributed by atoms with E-state index < -0.39 is 5.97 Å². The van der Waals surface area contributed by atoms with E-state index in [1.165, 1.54) is 0 Å². The predicted molar refractivity (Wildman–Crippen MR) is 65.3 cm³/mol. The van der Waals surface area contributed by atoms with Crippen LogP contribution in [0.1, 0.15) is 23.0 Å². The van der Waals surface area contributed by atoms with Crippen LogP contribution in [0.15, 0.2) is 36.5 Å². The highest BCUT2D eigenvalue weighted by molar-refractivity contribution is 5.88. The summed E-state index contributed by atoms with van der Waals surface area (Å²) < 4.78 is 10.5. The van der Waals surface area contributed by atoms with Crippen LogP contribution in [0.2, 0.25) is 0 Å². The minimum Gasteiger partial charge on any atom is -0.489 e. The number of ether oxygens (including phenoxy) is 2. The third-order valence-electron chi connectivity index (χ3n) is 2.33. The Morgan fingerprint density at radius 2 is 2.11 bits per heavy atom. The van der Waals surface area contributed by atoms with E-state index in [2.05, 4.69) is 10.2 Å². The standard InChI is InChI=1S/C13H14N2O3/c1-2-17-13(16)12-10(8-14-15-12)9-18-11-6-4-3-5-7-11/h3-8H,2,9H2,1H3,(H,14,15). The van der Waals surface area contributed by atoms with Gasteiger partial charge in [0.25, 0.3) is 0 Å². The Kier molecular flexibility index (Phi) is 3.96. The van der Waals surface area contributed by atoms with Crippen molar-refractivity contribution in [1.82, 2.24) is 10.2 Å². The first-order valence-corrected chi connectivity index (χ1v) is 5.68. The molecule has 0 saturated carbocycles. The summed E-state index contributed by atoms with van der Waals surface area (Å²) in [6.45, 7) is 2.36. The van der Waals surface area contributed by atoms with Crippen molar-refractivity contribution in [2.24, 2.45) is 0 Å². The van der Waals surface area contributed by atoms with Crippen LogP contribution in [0.3, 0.4) is 0 Å². The molecule has 0 fully saturated rings. The fourth-order valence-electron chi connectivity index (χ4n) is 1.48. The van der Waals surface area contributed by atoms with Gasteiger partial charge < -0.3 is 9.47 Å². The number of aromatic nitrogens is 2. The van der Waals surface area contributed by atoms with Gasteiger partial charge in [-0.15, -0.1) is 0 Å². The molecular formula is C13H14N2O3. The molecule has 1 heterocycles. The van der Waals surface area contributed by atoms with Crippen LogP contribution < -0.4 is 4.74 Å². The lowest BCUT2D eigenvalue weighted by Crippen LogP contribution is -2.09. The SMILES string of the molecule is CCOC(=O)c1[nH]ncc1COc1ccccc1. The number of para-hydroxylation sites is 1. The maximum atomic E-state index is 11.6. The van der Waals surface area contributed by atoms with E-state index in [1.54, 1.807) is 13.1 Å². The second-order valence-corrected chi connectivity index (χ2v) is 3.59. The molecule has 18 heavy (non-hydrogen) atoms. The van der Waals surface area contributed by atoms with Crippen molar-refractivity contribution in [3.63, 3.8) is 0 Å². The van der Waals surface area contributed by atoms with Crippen molar-refractivity contribution >= 4 is 5.97 Å². The largest absolute Gasteiger partial charge is 0.489 e. The van der Waals surface area contributed by atoms with E-state index in [4.69, 9.17) is 9.47 Å². The molecule has 0 bridgehead atoms. The van der Waals surface area contributed by atoms with Gasteiger partial charge in [-0.05, 0) is 19.1 Å². The zero-order chi connectivity index (χ0) is 12.8. The monoisotopic (exact) mass is 246 g/mol. The summed E-state index contributed by atoms with van der Waals surface area (Å²) in [5.41, 5.74) is 1.02. The number of benzene rings is 1. The van der Waals surface area contributed by atoms with Crippen LogP contribution in [0, 0.1) is 0 Å². The van der Waals surface area contributed by atoms with Crippen molar-refractivity contribution in [1.29, 1.82) is 0 Å². The van der Waals surface area contributed by atoms with Gasteiger partial charge in [-0.25, -0.2) is 4.79 Å². The molecule has 94 valence electrons. The average Bonchev–Trinajstić information content (AvgIpc) is 2.86. The molecule has 0 aliphatic rings. The van der Waals surface area contributed by atoms with Gasteiger partial charge in [-0.2, -0.15) is 5.10 Å². The molecule has 1 N–H and O–H groups in total. The van der Waals surface area contributed by atoms with Gasteiger partial charge in [0.05, 0.1) is 12.8 Å². The Morgan fingerprint density at radius 3 is 2.83 bits per heavy atom. The number of nitrogens with one attached hydrogen (secondary N) is 1. The summed E-state index contributed by atoms with van der Waals surface area (Å²) in [6.07, 6.45) is 1.56. The Bertz CT molecular complexity index is 508. The Balaban J connectivity index is 2.02. The predicted octanol–water partition coefficient (Wildman–Crippen LogP) is 2.17. The lowest BCUT2D eigenvalue weighted by atomic mass is 10.2. The van der Waals surface area contributed by atoms with Crippen LogP contribution in [0.25, 0.3) is 0 Å². The van der Waals surface area contributed by atoms with Gasteiger partial charge in [-0.3, -0.25) is 5.10 Å². The second kappa shape index (κ2) is 5.86. The first kappa shape index (κ1) is 12.2. The first-order chi connectivity index (χ1) is 8.81. The smallest absolute Gasteiger partial charge is 0.356 e. The maximum absolute atomic E-state index is 11.6. The molecule has 2 aromatic rings. The van der Waals surface area contributed by atoms with Crippen molar-refractivity contribution < 1.29 is 14.3 Å². The topological polar surface area (TPSA) is 64.2 Å². The molecule has 2 rings (SSSR count). The Hall–Kier alpha value is -2.30. The van der Waals surface area contributed by atoms with Gasteiger partial charge in [0, 0.05) is 5.56 Å². The number of rotatable bonds is 5. The van der Waals surface area contributed by atoms with Gasteiger partial charge in [-0.1, -0.05) is 18.2 Å². The quantitative estimate of drug-likeness (QED) is 0.821. The van der Waals surface area contributed by atoms with E-state index in [9.17, 15) is 4.79 Å². The molecule has 1 aromatic heterocycles. The van der Waals surface area contributed by atoms with Crippen molar-refractivity contribution in [3.05, 3.63) is 47.8 Å². The molecule has 1 aromatic carbocycles. The van der Waals surface area contributed by atoms with E-state index in [0.29, 0.717) is 17.9 Å². The molecule has 0 aliphatic carbocycles. The second-order valence-electron chi connectivity index (χ2n) is 3.59. The molecule has 5 nitrogen and oxygen atoms in total. The number of carbonyl (C=O) groups excluding carboxylic acids is 1. The fraction of sp³-hybridized carbons (Fsp3) is 0.231. The molecule has 0 atom stereocenters.